The molecule has 0 saturated heterocycles. The summed E-state index contributed by atoms with van der Waals surface area (Å²) in [5.74, 6) is -0.556. The van der Waals surface area contributed by atoms with Gasteiger partial charge in [0.2, 0.25) is 0 Å². The van der Waals surface area contributed by atoms with E-state index >= 15 is 0 Å². The minimum absolute atomic E-state index is 0.0704. The van der Waals surface area contributed by atoms with E-state index in [1.807, 2.05) is 0 Å². The van der Waals surface area contributed by atoms with Crippen molar-refractivity contribution in [1.29, 1.82) is 10.5 Å². The van der Waals surface area contributed by atoms with Crippen LogP contribution in [0.1, 0.15) is 16.7 Å². The molecule has 2 heterocycles. The van der Waals surface area contributed by atoms with Gasteiger partial charge in [-0.2, -0.15) is 10.5 Å². The summed E-state index contributed by atoms with van der Waals surface area (Å²) in [6, 6.07) is 17.1. The number of hydrogen-bond donors (Lipinski definition) is 0. The molecule has 0 aliphatic heterocycles. The van der Waals surface area contributed by atoms with E-state index in [9.17, 15) is 24.5 Å². The summed E-state index contributed by atoms with van der Waals surface area (Å²) in [6.45, 7) is -0.128. The number of ether oxygens (including phenoxy) is 1. The molecule has 5 rings (SSSR count). The van der Waals surface area contributed by atoms with Crippen LogP contribution in [-0.4, -0.2) is 21.2 Å². The molecule has 0 fully saturated rings. The molecular formula is C29H16Cl2FN5O3. The Bertz CT molecular complexity index is 2040. The van der Waals surface area contributed by atoms with Gasteiger partial charge in [-0.05, 0) is 59.7 Å². The number of rotatable bonds is 5. The number of methoxy groups -OCH3 is 1. The number of pyridine rings is 1. The summed E-state index contributed by atoms with van der Waals surface area (Å²) in [5.41, 5.74) is 0.468. The molecule has 0 unspecified atom stereocenters. The Morgan fingerprint density at radius 2 is 1.80 bits per heavy atom. The van der Waals surface area contributed by atoms with Crippen molar-refractivity contribution in [1.82, 2.24) is 14.1 Å². The van der Waals surface area contributed by atoms with E-state index < -0.39 is 17.1 Å². The maximum atomic E-state index is 14.0. The number of nitriles is 2. The topological polar surface area (TPSA) is 114 Å². The van der Waals surface area contributed by atoms with Gasteiger partial charge >= 0.3 is 5.69 Å². The predicted molar refractivity (Wildman–Crippen MR) is 149 cm³/mol. The van der Waals surface area contributed by atoms with Crippen LogP contribution in [0.3, 0.4) is 0 Å². The lowest BCUT2D eigenvalue weighted by Gasteiger charge is -2.18. The second kappa shape index (κ2) is 10.7. The average Bonchev–Trinajstić information content (AvgIpc) is 2.95. The average molecular weight is 572 g/mol. The molecule has 0 bridgehead atoms. The summed E-state index contributed by atoms with van der Waals surface area (Å²) in [7, 11) is 1.38. The normalized spacial score (nSPS) is 10.8. The van der Waals surface area contributed by atoms with Gasteiger partial charge in [-0.25, -0.2) is 13.8 Å². The lowest BCUT2D eigenvalue weighted by Crippen LogP contribution is -2.39. The van der Waals surface area contributed by atoms with Crippen molar-refractivity contribution >= 4 is 34.1 Å². The maximum Gasteiger partial charge on any atom is 0.336 e. The Morgan fingerprint density at radius 1 is 1.00 bits per heavy atom. The van der Waals surface area contributed by atoms with Crippen molar-refractivity contribution in [2.24, 2.45) is 0 Å². The van der Waals surface area contributed by atoms with Crippen LogP contribution in [0.2, 0.25) is 10.0 Å². The highest BCUT2D eigenvalue weighted by Gasteiger charge is 2.21. The Balaban J connectivity index is 1.90. The van der Waals surface area contributed by atoms with Crippen LogP contribution in [0.15, 0.2) is 76.6 Å². The van der Waals surface area contributed by atoms with Crippen molar-refractivity contribution in [3.8, 4) is 34.7 Å². The molecule has 196 valence electrons. The molecule has 0 aliphatic rings. The number of hydrogen-bond acceptors (Lipinski definition) is 6. The van der Waals surface area contributed by atoms with Crippen LogP contribution >= 0.6 is 23.2 Å². The first-order chi connectivity index (χ1) is 19.2. The van der Waals surface area contributed by atoms with Crippen LogP contribution < -0.4 is 16.0 Å². The molecule has 0 aliphatic carbocycles. The fourth-order valence-corrected chi connectivity index (χ4v) is 4.82. The van der Waals surface area contributed by atoms with Crippen molar-refractivity contribution in [3.05, 3.63) is 120 Å². The van der Waals surface area contributed by atoms with E-state index in [0.29, 0.717) is 27.3 Å². The van der Waals surface area contributed by atoms with Crippen LogP contribution in [0.4, 0.5) is 4.39 Å². The third-order valence-corrected chi connectivity index (χ3v) is 6.81. The Kier molecular flexibility index (Phi) is 7.10. The van der Waals surface area contributed by atoms with Crippen molar-refractivity contribution in [3.63, 3.8) is 0 Å². The molecule has 0 amide bonds. The third kappa shape index (κ3) is 4.69. The van der Waals surface area contributed by atoms with Crippen molar-refractivity contribution in [2.75, 3.05) is 7.11 Å². The Labute approximate surface area is 236 Å². The van der Waals surface area contributed by atoms with E-state index in [1.165, 1.54) is 42.3 Å². The highest BCUT2D eigenvalue weighted by molar-refractivity contribution is 6.33. The van der Waals surface area contributed by atoms with Gasteiger partial charge < -0.3 is 4.74 Å². The zero-order chi connectivity index (χ0) is 28.6. The van der Waals surface area contributed by atoms with Crippen LogP contribution in [0.25, 0.3) is 27.7 Å². The number of halogens is 3. The molecule has 0 radical (unpaired) electrons. The zero-order valence-electron chi connectivity index (χ0n) is 20.7. The first-order valence-electron chi connectivity index (χ1n) is 11.6. The number of fused-ring (bicyclic) bond motifs is 1. The quantitative estimate of drug-likeness (QED) is 0.276. The third-order valence-electron chi connectivity index (χ3n) is 6.28. The van der Waals surface area contributed by atoms with E-state index in [0.717, 1.165) is 10.6 Å². The predicted octanol–water partition coefficient (Wildman–Crippen LogP) is 5.46. The minimum Gasteiger partial charge on any atom is -0.496 e. The fraction of sp³-hybridized carbons (Fsp3) is 0.0690. The molecule has 0 N–H and O–H groups in total. The van der Waals surface area contributed by atoms with E-state index in [2.05, 4.69) is 11.1 Å². The molecular weight excluding hydrogens is 556 g/mol. The smallest absolute Gasteiger partial charge is 0.336 e. The minimum atomic E-state index is -0.736. The molecule has 5 aromatic rings. The summed E-state index contributed by atoms with van der Waals surface area (Å²) < 4.78 is 21.9. The van der Waals surface area contributed by atoms with E-state index in [-0.39, 0.29) is 39.5 Å². The lowest BCUT2D eigenvalue weighted by atomic mass is 10.0. The Hall–Kier alpha value is -4.96. The fourth-order valence-electron chi connectivity index (χ4n) is 4.43. The van der Waals surface area contributed by atoms with Gasteiger partial charge in [0.1, 0.15) is 23.0 Å². The molecule has 0 saturated carbocycles. The van der Waals surface area contributed by atoms with Crippen LogP contribution in [-0.2, 0) is 6.54 Å². The van der Waals surface area contributed by atoms with Crippen molar-refractivity contribution < 1.29 is 9.13 Å². The molecule has 0 spiro atoms. The van der Waals surface area contributed by atoms with Gasteiger partial charge in [0.25, 0.3) is 5.56 Å². The molecule has 3 aromatic carbocycles. The first-order valence-corrected chi connectivity index (χ1v) is 12.4. The zero-order valence-corrected chi connectivity index (χ0v) is 22.2. The Morgan fingerprint density at radius 3 is 2.50 bits per heavy atom. The number of nitrogens with zero attached hydrogens (tertiary/aromatic N) is 5. The van der Waals surface area contributed by atoms with Gasteiger partial charge in [0.15, 0.2) is 0 Å². The number of aromatic nitrogens is 3. The summed E-state index contributed by atoms with van der Waals surface area (Å²) in [4.78, 5) is 31.8. The monoisotopic (exact) mass is 571 g/mol. The second-order valence-corrected chi connectivity index (χ2v) is 9.52. The molecule has 8 nitrogen and oxygen atoms in total. The van der Waals surface area contributed by atoms with Crippen LogP contribution in [0, 0.1) is 28.5 Å². The SMILES string of the molecule is COc1cc(-c2cc(C#N)ccc2Cl)cc2c1c(=O)n(-c1cncc(Cl)c1)c(=O)n2Cc1ccc(F)c(C#N)c1. The number of benzene rings is 3. The molecule has 2 aromatic heterocycles. The summed E-state index contributed by atoms with van der Waals surface area (Å²) in [6.07, 6.45) is 2.69. The van der Waals surface area contributed by atoms with Gasteiger partial charge in [-0.3, -0.25) is 14.3 Å². The van der Waals surface area contributed by atoms with E-state index in [4.69, 9.17) is 27.9 Å². The molecule has 0 atom stereocenters. The van der Waals surface area contributed by atoms with Crippen LogP contribution in [0.5, 0.6) is 5.75 Å². The highest BCUT2D eigenvalue weighted by Crippen LogP contribution is 2.35. The van der Waals surface area contributed by atoms with E-state index in [1.54, 1.807) is 36.4 Å². The highest BCUT2D eigenvalue weighted by atomic mass is 35.5. The van der Waals surface area contributed by atoms with Gasteiger partial charge in [-0.1, -0.05) is 29.3 Å². The lowest BCUT2D eigenvalue weighted by molar-refractivity contribution is 0.419. The summed E-state index contributed by atoms with van der Waals surface area (Å²) in [5, 5.41) is 19.3. The van der Waals surface area contributed by atoms with Gasteiger partial charge in [0.05, 0.1) is 53.3 Å². The largest absolute Gasteiger partial charge is 0.496 e. The van der Waals surface area contributed by atoms with Gasteiger partial charge in [-0.15, -0.1) is 0 Å². The summed E-state index contributed by atoms with van der Waals surface area (Å²) >= 11 is 12.6. The van der Waals surface area contributed by atoms with Crippen molar-refractivity contribution in [2.45, 2.75) is 6.54 Å². The first kappa shape index (κ1) is 26.6. The standard InChI is InChI=1S/C29H16Cl2FN5O3/c1-40-26-9-18(22-7-16(11-33)2-4-23(22)31)8-25-27(26)28(38)37(21-10-20(30)13-35-14-21)29(39)36(25)15-17-3-5-24(32)19(6-17)12-34/h2-10,13-14H,15H2,1H3. The maximum absolute atomic E-state index is 14.0. The second-order valence-electron chi connectivity index (χ2n) is 8.68. The molecule has 40 heavy (non-hydrogen) atoms. The van der Waals surface area contributed by atoms with Gasteiger partial charge in [0, 0.05) is 16.8 Å². The molecule has 11 heteroatoms.